The van der Waals surface area contributed by atoms with Gasteiger partial charge in [0.05, 0.1) is 6.85 Å². The quantitative estimate of drug-likeness (QED) is 0.127. The zero-order chi connectivity index (χ0) is 74.0. The van der Waals surface area contributed by atoms with Crippen molar-refractivity contribution in [3.63, 3.8) is 0 Å². The van der Waals surface area contributed by atoms with Crippen molar-refractivity contribution < 1.29 is 87.3 Å². The molecule has 0 aliphatic carbocycles. The monoisotopic (exact) mass is 2080 g/mol. The van der Waals surface area contributed by atoms with Crippen LogP contribution in [0.15, 0.2) is 359 Å². The molecule has 0 bridgehead atoms. The summed E-state index contributed by atoms with van der Waals surface area (Å²) in [7, 11) is 0. The number of hydrogen-bond donors (Lipinski definition) is 0. The third kappa shape index (κ3) is 24.7. The van der Waals surface area contributed by atoms with Crippen LogP contribution in [0.2, 0.25) is 0 Å². The minimum atomic E-state index is -0.396. The van der Waals surface area contributed by atoms with Gasteiger partial charge < -0.3 is 29.9 Å². The molecular weight excluding hydrogens is 1990 g/mol. The number of aryl methyl sites for hydroxylation is 5. The molecule has 0 unspecified atom stereocenters. The van der Waals surface area contributed by atoms with E-state index in [1.54, 1.807) is 30.6 Å². The number of pyridine rings is 6. The number of benzene rings is 10. The minimum absolute atomic E-state index is 0. The average Bonchev–Trinajstić information content (AvgIpc) is 0.773. The third-order valence-corrected chi connectivity index (χ3v) is 15.8. The molecule has 0 saturated heterocycles. The Labute approximate surface area is 680 Å². The van der Waals surface area contributed by atoms with Gasteiger partial charge in [-0.1, -0.05) is 212 Å². The Morgan fingerprint density at radius 2 is 0.752 bits per heavy atom. The van der Waals surface area contributed by atoms with Gasteiger partial charge in [-0.05, 0) is 107 Å². The Balaban J connectivity index is 0.000000184. The van der Waals surface area contributed by atoms with E-state index in [-0.39, 0.29) is 110 Å². The molecule has 105 heavy (non-hydrogen) atoms. The predicted octanol–water partition coefficient (Wildman–Crippen LogP) is 23.5. The smallest absolute Gasteiger partial charge is 0.0629 e. The summed E-state index contributed by atoms with van der Waals surface area (Å²) >= 11 is 0. The SMILES string of the molecule is Cc1[c-]c(-c2cc(C)c(-c3ccccc3)cn2)cc(C)c1.Cc1cccnc1-c1[c-]cccc1.Cc1cccnc1-c1[c-]cccc1.[2H]c1c([2H])c([2H])c(-c2ccc(-c3[c-]cccc3)nc2)c([2H])c1[2H].[Ir].[Ir].[Ir].[Ir].[c-]1cc(-c2ccccc2)ccc1-c1ccccn1.[c-]1ccc(-c2ccccc2)cc1-c1ccccn1. The number of aromatic nitrogens is 6. The summed E-state index contributed by atoms with van der Waals surface area (Å²) in [5.74, 6) is 0. The molecule has 16 rings (SSSR count). The van der Waals surface area contributed by atoms with Crippen LogP contribution in [0.25, 0.3) is 112 Å². The topological polar surface area (TPSA) is 77.3 Å². The molecule has 0 spiro atoms. The van der Waals surface area contributed by atoms with Crippen molar-refractivity contribution in [1.29, 1.82) is 0 Å². The molecule has 0 N–H and O–H groups in total. The molecule has 10 aromatic carbocycles. The van der Waals surface area contributed by atoms with Crippen molar-refractivity contribution in [1.82, 2.24) is 29.9 Å². The van der Waals surface area contributed by atoms with Crippen molar-refractivity contribution in [2.45, 2.75) is 34.6 Å². The maximum atomic E-state index is 7.98. The first-order valence-corrected chi connectivity index (χ1v) is 33.0. The maximum Gasteiger partial charge on any atom is 0.0629 e. The van der Waals surface area contributed by atoms with Crippen molar-refractivity contribution >= 4 is 0 Å². The molecule has 10 heteroatoms. The zero-order valence-corrected chi connectivity index (χ0v) is 67.8. The standard InChI is InChI=1S/C20H18N.3C17H12N.2C12H10N.4Ir/c1-14-9-15(2)11-18(10-14)20-12-16(3)19(13-21-20)17-7-5-4-6-8-17;1-3-7-14(8-4-1)16-11-12-17(18-13-16)15-9-5-2-6-10-15;1-2-7-14(8-3-1)15-9-6-10-16(13-15)17-11-4-5-12-18-17;1-2-6-14(7-3-1)15-9-11-16(12-10-15)17-8-4-5-13-18-17;2*1-10-6-5-9-13-12(10)11-7-3-2-4-8-11;;;;/h4-10,12-13H,1-3H3;2*1-9,11-13H;1-11,13H;2*2-7,9H,1H3;;;;/q6*-1;;;;/i;1D,3D,4D,7D,8D;;;;;;;;. The van der Waals surface area contributed by atoms with E-state index in [0.29, 0.717) is 11.3 Å². The predicted molar refractivity (Wildman–Crippen MR) is 416 cm³/mol. The molecule has 0 atom stereocenters. The van der Waals surface area contributed by atoms with Gasteiger partial charge in [0.15, 0.2) is 0 Å². The minimum Gasteiger partial charge on any atom is -0.305 e. The second kappa shape index (κ2) is 43.7. The molecule has 0 amide bonds. The molecule has 16 aromatic rings. The van der Waals surface area contributed by atoms with E-state index in [4.69, 9.17) is 6.85 Å². The van der Waals surface area contributed by atoms with Crippen LogP contribution < -0.4 is 0 Å². The maximum absolute atomic E-state index is 7.98. The Hall–Kier alpha value is -10.3. The molecule has 4 radical (unpaired) electrons. The van der Waals surface area contributed by atoms with Crippen LogP contribution in [-0.4, -0.2) is 29.9 Å². The summed E-state index contributed by atoms with van der Waals surface area (Å²) in [6.45, 7) is 10.4. The first-order valence-electron chi connectivity index (χ1n) is 35.5. The van der Waals surface area contributed by atoms with E-state index in [1.807, 2.05) is 188 Å². The molecule has 0 aliphatic rings. The number of hydrogen-bond acceptors (Lipinski definition) is 6. The summed E-state index contributed by atoms with van der Waals surface area (Å²) in [4.78, 5) is 26.3. The van der Waals surface area contributed by atoms with Gasteiger partial charge in [-0.2, -0.15) is 0 Å². The van der Waals surface area contributed by atoms with Crippen LogP contribution in [0.5, 0.6) is 0 Å². The van der Waals surface area contributed by atoms with Gasteiger partial charge in [-0.15, -0.1) is 208 Å². The van der Waals surface area contributed by atoms with Gasteiger partial charge in [0, 0.05) is 123 Å². The van der Waals surface area contributed by atoms with Gasteiger partial charge in [0.2, 0.25) is 0 Å². The van der Waals surface area contributed by atoms with Gasteiger partial charge in [-0.25, -0.2) is 0 Å². The largest absolute Gasteiger partial charge is 0.305 e. The van der Waals surface area contributed by atoms with Crippen LogP contribution in [0.3, 0.4) is 0 Å². The molecule has 526 valence electrons. The van der Waals surface area contributed by atoms with E-state index in [2.05, 4.69) is 204 Å². The first kappa shape index (κ1) is 74.4. The van der Waals surface area contributed by atoms with Crippen LogP contribution in [-0.2, 0) is 80.4 Å². The van der Waals surface area contributed by atoms with E-state index in [0.717, 1.165) is 67.4 Å². The summed E-state index contributed by atoms with van der Waals surface area (Å²) in [5.41, 5.74) is 25.5. The third-order valence-electron chi connectivity index (χ3n) is 15.8. The van der Waals surface area contributed by atoms with Crippen molar-refractivity contribution in [3.8, 4) is 112 Å². The second-order valence-corrected chi connectivity index (χ2v) is 23.2. The molecule has 6 heterocycles. The summed E-state index contributed by atoms with van der Waals surface area (Å²) in [6.07, 6.45) is 10.7. The van der Waals surface area contributed by atoms with E-state index in [1.165, 1.54) is 61.8 Å². The number of rotatable bonds is 10. The van der Waals surface area contributed by atoms with Crippen LogP contribution in [0.1, 0.15) is 34.7 Å². The summed E-state index contributed by atoms with van der Waals surface area (Å²) in [6, 6.07) is 114. The fourth-order valence-electron chi connectivity index (χ4n) is 10.8. The Kier molecular flexibility index (Phi) is 31.0. The molecule has 6 nitrogen and oxygen atoms in total. The second-order valence-electron chi connectivity index (χ2n) is 23.2. The average molecular weight is 2070 g/mol. The first-order chi connectivity index (χ1) is 51.8. The van der Waals surface area contributed by atoms with E-state index in [9.17, 15) is 0 Å². The van der Waals surface area contributed by atoms with Gasteiger partial charge >= 0.3 is 0 Å². The fraction of sp³-hybridized carbons (Fsp3) is 0.0526. The molecule has 0 fully saturated rings. The molecule has 0 aliphatic heterocycles. The number of nitrogens with zero attached hydrogens (tertiary/aromatic N) is 6. The summed E-state index contributed by atoms with van der Waals surface area (Å²) in [5, 5.41) is 0. The van der Waals surface area contributed by atoms with Crippen molar-refractivity contribution in [3.05, 3.63) is 423 Å². The van der Waals surface area contributed by atoms with Crippen LogP contribution in [0.4, 0.5) is 0 Å². The van der Waals surface area contributed by atoms with Gasteiger partial charge in [0.1, 0.15) is 0 Å². The zero-order valence-electron chi connectivity index (χ0n) is 63.2. The van der Waals surface area contributed by atoms with Gasteiger partial charge in [-0.3, -0.25) is 0 Å². The van der Waals surface area contributed by atoms with Gasteiger partial charge in [0.25, 0.3) is 0 Å². The Morgan fingerprint density at radius 1 is 0.276 bits per heavy atom. The molecular formula is C95H74Ir4N6-6. The Morgan fingerprint density at radius 3 is 1.24 bits per heavy atom. The summed E-state index contributed by atoms with van der Waals surface area (Å²) < 4.78 is 39.1. The normalized spacial score (nSPS) is 10.5. The van der Waals surface area contributed by atoms with Crippen molar-refractivity contribution in [2.75, 3.05) is 0 Å². The fourth-order valence-corrected chi connectivity index (χ4v) is 10.8. The van der Waals surface area contributed by atoms with Crippen LogP contribution >= 0.6 is 0 Å². The molecule has 6 aromatic heterocycles. The van der Waals surface area contributed by atoms with E-state index < -0.39 is 6.04 Å². The van der Waals surface area contributed by atoms with Crippen molar-refractivity contribution in [2.24, 2.45) is 0 Å². The molecule has 0 saturated carbocycles. The van der Waals surface area contributed by atoms with Crippen LogP contribution in [0, 0.1) is 71.0 Å². The Bertz CT molecular complexity index is 5200. The van der Waals surface area contributed by atoms with E-state index >= 15 is 0 Å².